The molecule has 8 nitrogen and oxygen atoms in total. The highest BCUT2D eigenvalue weighted by Crippen LogP contribution is 2.32. The molecule has 45 heavy (non-hydrogen) atoms. The van der Waals surface area contributed by atoms with Gasteiger partial charge in [-0.1, -0.05) is 67.8 Å². The minimum absolute atomic E-state index is 0.0593. The lowest BCUT2D eigenvalue weighted by Crippen LogP contribution is -2.55. The van der Waals surface area contributed by atoms with Crippen molar-refractivity contribution < 1.29 is 35.9 Å². The topological polar surface area (TPSA) is 96.0 Å². The van der Waals surface area contributed by atoms with Crippen molar-refractivity contribution in [3.8, 4) is 5.75 Å². The van der Waals surface area contributed by atoms with Gasteiger partial charge in [0.25, 0.3) is 0 Å². The van der Waals surface area contributed by atoms with Gasteiger partial charge in [0.2, 0.25) is 21.8 Å². The number of rotatable bonds is 12. The number of hydrogen-bond acceptors (Lipinski definition) is 5. The Morgan fingerprint density at radius 3 is 2.24 bits per heavy atom. The Morgan fingerprint density at radius 1 is 0.933 bits per heavy atom. The molecule has 1 aliphatic carbocycles. The van der Waals surface area contributed by atoms with Crippen LogP contribution in [0, 0.1) is 0 Å². The molecular formula is C33H38F3N3O5S. The van der Waals surface area contributed by atoms with Crippen LogP contribution in [0.15, 0.2) is 78.9 Å². The van der Waals surface area contributed by atoms with E-state index in [2.05, 4.69) is 5.32 Å². The molecular weight excluding hydrogens is 607 g/mol. The van der Waals surface area contributed by atoms with E-state index >= 15 is 0 Å². The maximum absolute atomic E-state index is 14.2. The van der Waals surface area contributed by atoms with Gasteiger partial charge in [-0.15, -0.1) is 0 Å². The van der Waals surface area contributed by atoms with E-state index in [9.17, 15) is 31.2 Å². The summed E-state index contributed by atoms with van der Waals surface area (Å²) in [7, 11) is -2.72. The van der Waals surface area contributed by atoms with Crippen molar-refractivity contribution in [2.24, 2.45) is 0 Å². The molecule has 0 spiro atoms. The summed E-state index contributed by atoms with van der Waals surface area (Å²) in [5.41, 5.74) is 0.0372. The molecule has 0 bridgehead atoms. The van der Waals surface area contributed by atoms with Gasteiger partial charge >= 0.3 is 6.18 Å². The van der Waals surface area contributed by atoms with Gasteiger partial charge in [-0.2, -0.15) is 13.2 Å². The lowest BCUT2D eigenvalue weighted by molar-refractivity contribution is -0.140. The molecule has 0 aliphatic heterocycles. The Labute approximate surface area is 262 Å². The Balaban J connectivity index is 1.75. The van der Waals surface area contributed by atoms with Gasteiger partial charge in [0.1, 0.15) is 18.3 Å². The number of alkyl halides is 3. The highest BCUT2D eigenvalue weighted by molar-refractivity contribution is 7.92. The molecule has 3 aromatic carbocycles. The monoisotopic (exact) mass is 645 g/mol. The van der Waals surface area contributed by atoms with Crippen molar-refractivity contribution in [2.75, 3.05) is 24.2 Å². The van der Waals surface area contributed by atoms with Gasteiger partial charge in [0.15, 0.2) is 0 Å². The number of hydrogen-bond donors (Lipinski definition) is 1. The number of carbonyl (C=O) groups excluding carboxylic acids is 2. The van der Waals surface area contributed by atoms with Crippen molar-refractivity contribution >= 4 is 27.5 Å². The van der Waals surface area contributed by atoms with Crippen molar-refractivity contribution in [3.63, 3.8) is 0 Å². The molecule has 2 amide bonds. The molecule has 1 atom stereocenters. The average Bonchev–Trinajstić information content (AvgIpc) is 3.01. The second kappa shape index (κ2) is 14.8. The van der Waals surface area contributed by atoms with E-state index < -0.39 is 40.3 Å². The van der Waals surface area contributed by atoms with Crippen LogP contribution in [0.3, 0.4) is 0 Å². The van der Waals surface area contributed by atoms with Crippen LogP contribution < -0.4 is 14.4 Å². The first-order valence-electron chi connectivity index (χ1n) is 14.8. The second-order valence-electron chi connectivity index (χ2n) is 11.2. The van der Waals surface area contributed by atoms with E-state index in [4.69, 9.17) is 4.74 Å². The zero-order chi connectivity index (χ0) is 32.6. The lowest BCUT2D eigenvalue weighted by Gasteiger charge is -2.35. The molecule has 0 aromatic heterocycles. The summed E-state index contributed by atoms with van der Waals surface area (Å²) in [6.45, 7) is -0.891. The fraction of sp³-hybridized carbons (Fsp3) is 0.394. The number of anilines is 1. The minimum Gasteiger partial charge on any atom is -0.497 e. The van der Waals surface area contributed by atoms with Crippen LogP contribution in [0.2, 0.25) is 0 Å². The first-order chi connectivity index (χ1) is 21.3. The predicted octanol–water partition coefficient (Wildman–Crippen LogP) is 5.57. The third kappa shape index (κ3) is 9.46. The van der Waals surface area contributed by atoms with E-state index in [1.807, 2.05) is 30.3 Å². The molecule has 242 valence electrons. The number of nitrogens with zero attached hydrogens (tertiary/aromatic N) is 2. The van der Waals surface area contributed by atoms with Crippen LogP contribution in [-0.2, 0) is 38.8 Å². The Bertz CT molecular complexity index is 1560. The lowest BCUT2D eigenvalue weighted by atomic mass is 9.94. The zero-order valence-electron chi connectivity index (χ0n) is 25.3. The Kier molecular flexibility index (Phi) is 11.1. The van der Waals surface area contributed by atoms with E-state index in [0.717, 1.165) is 56.1 Å². The standard InChI is InChI=1S/C33H38F3N3O5S/c1-44-29-18-9-13-25(19-29)22-38(30(20-24-11-5-3-6-12-24)32(41)37-27-15-7-4-8-16-27)31(40)23-39(45(2,42)43)28-17-10-14-26(21-28)33(34,35)36/h3,5-6,9-14,17-19,21,27,30H,4,7-8,15-16,20,22-23H2,1-2H3,(H,37,41)/t30-/m0/s1. The van der Waals surface area contributed by atoms with Crippen LogP contribution in [0.1, 0.15) is 48.8 Å². The molecule has 4 rings (SSSR count). The van der Waals surface area contributed by atoms with Gasteiger partial charge in [-0.05, 0) is 54.3 Å². The molecule has 0 unspecified atom stereocenters. The highest BCUT2D eigenvalue weighted by atomic mass is 32.2. The number of ether oxygens (including phenoxy) is 1. The van der Waals surface area contributed by atoms with Gasteiger partial charge < -0.3 is 15.0 Å². The molecule has 0 radical (unpaired) electrons. The van der Waals surface area contributed by atoms with Crippen molar-refractivity contribution in [3.05, 3.63) is 95.6 Å². The molecule has 1 aliphatic rings. The Morgan fingerprint density at radius 2 is 1.60 bits per heavy atom. The summed E-state index contributed by atoms with van der Waals surface area (Å²) in [4.78, 5) is 29.5. The Hall–Kier alpha value is -4.06. The number of methoxy groups -OCH3 is 1. The number of amides is 2. The summed E-state index contributed by atoms with van der Waals surface area (Å²) in [6, 6.07) is 18.8. The number of nitrogens with one attached hydrogen (secondary N) is 1. The number of benzene rings is 3. The minimum atomic E-state index is -4.72. The van der Waals surface area contributed by atoms with Crippen LogP contribution in [0.5, 0.6) is 5.75 Å². The SMILES string of the molecule is COc1cccc(CN(C(=O)CN(c2cccc(C(F)(F)F)c2)S(C)(=O)=O)[C@@H](Cc2ccccc2)C(=O)NC2CCCCC2)c1. The third-order valence-corrected chi connectivity index (χ3v) is 8.99. The van der Waals surface area contributed by atoms with Crippen molar-refractivity contribution in [1.29, 1.82) is 0 Å². The largest absolute Gasteiger partial charge is 0.497 e. The summed E-state index contributed by atoms with van der Waals surface area (Å²) >= 11 is 0. The fourth-order valence-corrected chi connectivity index (χ4v) is 6.36. The normalized spacial score (nSPS) is 14.8. The maximum Gasteiger partial charge on any atom is 0.416 e. The molecule has 1 N–H and O–H groups in total. The third-order valence-electron chi connectivity index (χ3n) is 7.85. The highest BCUT2D eigenvalue weighted by Gasteiger charge is 2.35. The molecule has 1 saturated carbocycles. The first kappa shape index (κ1) is 33.8. The van der Waals surface area contributed by atoms with Crippen molar-refractivity contribution in [2.45, 2.75) is 63.3 Å². The molecule has 12 heteroatoms. The van der Waals surface area contributed by atoms with E-state index in [0.29, 0.717) is 21.7 Å². The summed E-state index contributed by atoms with van der Waals surface area (Å²) < 4.78 is 72.4. The van der Waals surface area contributed by atoms with Gasteiger partial charge in [-0.3, -0.25) is 13.9 Å². The number of halogens is 3. The van der Waals surface area contributed by atoms with Gasteiger partial charge in [0, 0.05) is 19.0 Å². The molecule has 0 heterocycles. The van der Waals surface area contributed by atoms with E-state index in [1.54, 1.807) is 24.3 Å². The second-order valence-corrected chi connectivity index (χ2v) is 13.1. The molecule has 3 aromatic rings. The van der Waals surface area contributed by atoms with Crippen LogP contribution in [0.4, 0.5) is 18.9 Å². The fourth-order valence-electron chi connectivity index (χ4n) is 5.52. The van der Waals surface area contributed by atoms with Gasteiger partial charge in [-0.25, -0.2) is 8.42 Å². The van der Waals surface area contributed by atoms with Crippen molar-refractivity contribution in [1.82, 2.24) is 10.2 Å². The zero-order valence-corrected chi connectivity index (χ0v) is 26.1. The first-order valence-corrected chi connectivity index (χ1v) is 16.6. The van der Waals surface area contributed by atoms with Crippen LogP contribution >= 0.6 is 0 Å². The van der Waals surface area contributed by atoms with Crippen LogP contribution in [-0.4, -0.2) is 57.1 Å². The molecule has 0 saturated heterocycles. The molecule has 1 fully saturated rings. The number of sulfonamides is 1. The number of carbonyl (C=O) groups is 2. The quantitative estimate of drug-likeness (QED) is 0.278. The summed E-state index contributed by atoms with van der Waals surface area (Å²) in [6.07, 6.45) is 0.886. The van der Waals surface area contributed by atoms with E-state index in [1.165, 1.54) is 18.1 Å². The van der Waals surface area contributed by atoms with Crippen LogP contribution in [0.25, 0.3) is 0 Å². The van der Waals surface area contributed by atoms with Gasteiger partial charge in [0.05, 0.1) is 24.6 Å². The van der Waals surface area contributed by atoms with E-state index in [-0.39, 0.29) is 30.6 Å². The average molecular weight is 646 g/mol. The summed E-state index contributed by atoms with van der Waals surface area (Å²) in [5.74, 6) is -0.611. The smallest absolute Gasteiger partial charge is 0.416 e. The predicted molar refractivity (Wildman–Crippen MR) is 166 cm³/mol. The summed E-state index contributed by atoms with van der Waals surface area (Å²) in [5, 5.41) is 3.11. The maximum atomic E-state index is 14.2.